The summed E-state index contributed by atoms with van der Waals surface area (Å²) in [7, 11) is 0. The molecule has 0 aliphatic rings. The summed E-state index contributed by atoms with van der Waals surface area (Å²) in [6.45, 7) is 0. The fourth-order valence-corrected chi connectivity index (χ4v) is 4.36. The van der Waals surface area contributed by atoms with Crippen molar-refractivity contribution in [2.75, 3.05) is 16.0 Å². The number of rotatable bonds is 6. The summed E-state index contributed by atoms with van der Waals surface area (Å²) >= 11 is 0. The molecule has 0 unspecified atom stereocenters. The maximum absolute atomic E-state index is 12.7. The summed E-state index contributed by atoms with van der Waals surface area (Å²) in [5, 5.41) is 7.46. The molecule has 0 aliphatic heterocycles. The second-order valence-corrected chi connectivity index (χ2v) is 8.79. The van der Waals surface area contributed by atoms with Gasteiger partial charge in [-0.3, -0.25) is 9.69 Å². The van der Waals surface area contributed by atoms with Crippen LogP contribution >= 0.6 is 0 Å². The van der Waals surface area contributed by atoms with E-state index in [4.69, 9.17) is 10.7 Å². The largest absolute Gasteiger partial charge is 0.399 e. The molecule has 0 aliphatic carbocycles. The number of hydrogen-bond donors (Lipinski definition) is 2. The Bertz CT molecular complexity index is 1710. The molecule has 6 rings (SSSR count). The van der Waals surface area contributed by atoms with Crippen molar-refractivity contribution in [3.63, 3.8) is 0 Å². The summed E-state index contributed by atoms with van der Waals surface area (Å²) in [6.07, 6.45) is 3.54. The number of anilines is 5. The highest BCUT2D eigenvalue weighted by Gasteiger charge is 2.18. The third-order valence-corrected chi connectivity index (χ3v) is 6.26. The highest BCUT2D eigenvalue weighted by molar-refractivity contribution is 6.04. The van der Waals surface area contributed by atoms with Crippen LogP contribution in [-0.2, 0) is 0 Å². The van der Waals surface area contributed by atoms with Gasteiger partial charge < -0.3 is 11.1 Å². The van der Waals surface area contributed by atoms with Crippen LogP contribution in [0.5, 0.6) is 0 Å². The first kappa shape index (κ1) is 23.0. The molecule has 7 nitrogen and oxygen atoms in total. The lowest BCUT2D eigenvalue weighted by molar-refractivity contribution is 0.102. The molecule has 0 fully saturated rings. The number of nitrogens with two attached hydrogens (primary N) is 1. The van der Waals surface area contributed by atoms with E-state index in [-0.39, 0.29) is 5.91 Å². The first-order valence-electron chi connectivity index (χ1n) is 12.2. The van der Waals surface area contributed by atoms with Crippen molar-refractivity contribution in [2.24, 2.45) is 0 Å². The number of nitrogens with zero attached hydrogens (tertiary/aromatic N) is 4. The van der Waals surface area contributed by atoms with Crippen LogP contribution < -0.4 is 16.0 Å². The molecule has 0 saturated heterocycles. The Hall–Kier alpha value is -5.43. The van der Waals surface area contributed by atoms with E-state index >= 15 is 0 Å². The highest BCUT2D eigenvalue weighted by atomic mass is 16.1. The second-order valence-electron chi connectivity index (χ2n) is 8.79. The van der Waals surface area contributed by atoms with E-state index in [0.29, 0.717) is 22.9 Å². The number of fused-ring (bicyclic) bond motifs is 1. The fourth-order valence-electron chi connectivity index (χ4n) is 4.36. The fraction of sp³-hybridized carbons (Fsp3) is 0. The lowest BCUT2D eigenvalue weighted by Gasteiger charge is -2.25. The lowest BCUT2D eigenvalue weighted by Crippen LogP contribution is -2.16. The Morgan fingerprint density at radius 2 is 1.47 bits per heavy atom. The zero-order chi connectivity index (χ0) is 25.9. The van der Waals surface area contributed by atoms with Gasteiger partial charge in [0.2, 0.25) is 5.95 Å². The molecule has 0 bridgehead atoms. The number of amides is 1. The molecule has 0 radical (unpaired) electrons. The normalized spacial score (nSPS) is 10.8. The van der Waals surface area contributed by atoms with Gasteiger partial charge in [0.05, 0.1) is 11.7 Å². The van der Waals surface area contributed by atoms with E-state index in [1.54, 1.807) is 36.7 Å². The summed E-state index contributed by atoms with van der Waals surface area (Å²) in [5.41, 5.74) is 12.5. The number of carbonyl (C=O) groups excluding carboxylic acids is 1. The number of aromatic nitrogens is 3. The van der Waals surface area contributed by atoms with Gasteiger partial charge in [0.25, 0.3) is 5.91 Å². The molecule has 0 saturated carbocycles. The van der Waals surface area contributed by atoms with Gasteiger partial charge in [-0.2, -0.15) is 9.61 Å². The van der Waals surface area contributed by atoms with Crippen molar-refractivity contribution in [3.8, 4) is 11.1 Å². The van der Waals surface area contributed by atoms with E-state index in [0.717, 1.165) is 28.0 Å². The van der Waals surface area contributed by atoms with Crippen molar-refractivity contribution < 1.29 is 4.79 Å². The average molecular weight is 497 g/mol. The third-order valence-electron chi connectivity index (χ3n) is 6.26. The van der Waals surface area contributed by atoms with Crippen molar-refractivity contribution >= 4 is 40.1 Å². The summed E-state index contributed by atoms with van der Waals surface area (Å²) in [5.74, 6) is 0.449. The number of benzene rings is 4. The Labute approximate surface area is 219 Å². The van der Waals surface area contributed by atoms with Crippen molar-refractivity contribution in [3.05, 3.63) is 133 Å². The van der Waals surface area contributed by atoms with Crippen LogP contribution in [0, 0.1) is 0 Å². The van der Waals surface area contributed by atoms with Crippen LogP contribution in [0.15, 0.2) is 128 Å². The van der Waals surface area contributed by atoms with Gasteiger partial charge in [-0.1, -0.05) is 42.5 Å². The molecule has 4 aromatic carbocycles. The number of nitrogens with one attached hydrogen (secondary N) is 1. The van der Waals surface area contributed by atoms with Crippen molar-refractivity contribution in [2.45, 2.75) is 0 Å². The van der Waals surface area contributed by atoms with E-state index in [1.165, 1.54) is 0 Å². The predicted molar refractivity (Wildman–Crippen MR) is 152 cm³/mol. The van der Waals surface area contributed by atoms with Gasteiger partial charge in [-0.05, 0) is 83.9 Å². The quantitative estimate of drug-likeness (QED) is 0.251. The summed E-state index contributed by atoms with van der Waals surface area (Å²) < 4.78 is 1.81. The molecular formula is C31H24N6O. The standard InChI is InChI=1S/C31H24N6O/c32-25-11-9-23(10-12-25)30(38)35-26-13-15-27(16-14-26)36(31-33-19-17-28-18-20-34-37(28)31)29-8-4-7-24(21-29)22-5-2-1-3-6-22/h1-21H,32H2,(H,35,38). The van der Waals surface area contributed by atoms with Crippen LogP contribution in [0.1, 0.15) is 10.4 Å². The van der Waals surface area contributed by atoms with E-state index < -0.39 is 0 Å². The van der Waals surface area contributed by atoms with Crippen LogP contribution in [0.4, 0.5) is 28.7 Å². The van der Waals surface area contributed by atoms with Gasteiger partial charge in [0.1, 0.15) is 0 Å². The van der Waals surface area contributed by atoms with Crippen LogP contribution in [0.3, 0.4) is 0 Å². The Balaban J connectivity index is 1.39. The topological polar surface area (TPSA) is 88.5 Å². The number of carbonyl (C=O) groups is 1. The Morgan fingerprint density at radius 1 is 0.737 bits per heavy atom. The molecule has 7 heteroatoms. The maximum atomic E-state index is 12.7. The molecule has 0 spiro atoms. The minimum Gasteiger partial charge on any atom is -0.399 e. The van der Waals surface area contributed by atoms with E-state index in [9.17, 15) is 4.79 Å². The maximum Gasteiger partial charge on any atom is 0.255 e. The zero-order valence-corrected chi connectivity index (χ0v) is 20.4. The molecule has 2 heterocycles. The van der Waals surface area contributed by atoms with Gasteiger partial charge in [-0.25, -0.2) is 4.98 Å². The highest BCUT2D eigenvalue weighted by Crippen LogP contribution is 2.36. The summed E-state index contributed by atoms with van der Waals surface area (Å²) in [6, 6.07) is 36.9. The minimum absolute atomic E-state index is 0.201. The zero-order valence-electron chi connectivity index (χ0n) is 20.4. The third kappa shape index (κ3) is 4.56. The molecule has 0 atom stereocenters. The molecule has 3 N–H and O–H groups in total. The summed E-state index contributed by atoms with van der Waals surface area (Å²) in [4.78, 5) is 19.4. The molecule has 6 aromatic rings. The average Bonchev–Trinajstić information content (AvgIpc) is 3.45. The van der Waals surface area contributed by atoms with E-state index in [2.05, 4.69) is 39.6 Å². The van der Waals surface area contributed by atoms with E-state index in [1.807, 2.05) is 71.2 Å². The molecule has 184 valence electrons. The predicted octanol–water partition coefficient (Wildman–Crippen LogP) is 6.70. The van der Waals surface area contributed by atoms with Crippen LogP contribution in [0.25, 0.3) is 16.6 Å². The van der Waals surface area contributed by atoms with Gasteiger partial charge >= 0.3 is 0 Å². The Morgan fingerprint density at radius 3 is 2.26 bits per heavy atom. The SMILES string of the molecule is Nc1ccc(C(=O)Nc2ccc(N(c3cccc(-c4ccccc4)c3)c3nccc4ccnn34)cc2)cc1. The molecule has 2 aromatic heterocycles. The minimum atomic E-state index is -0.201. The Kier molecular flexibility index (Phi) is 6.00. The second kappa shape index (κ2) is 9.91. The van der Waals surface area contributed by atoms with Gasteiger partial charge in [-0.15, -0.1) is 0 Å². The van der Waals surface area contributed by atoms with Crippen LogP contribution in [0.2, 0.25) is 0 Å². The number of hydrogen-bond acceptors (Lipinski definition) is 5. The van der Waals surface area contributed by atoms with Gasteiger partial charge in [0.15, 0.2) is 0 Å². The van der Waals surface area contributed by atoms with Crippen molar-refractivity contribution in [1.82, 2.24) is 14.6 Å². The smallest absolute Gasteiger partial charge is 0.255 e. The monoisotopic (exact) mass is 496 g/mol. The molecular weight excluding hydrogens is 472 g/mol. The first-order valence-corrected chi connectivity index (χ1v) is 12.2. The van der Waals surface area contributed by atoms with Crippen molar-refractivity contribution in [1.29, 1.82) is 0 Å². The molecule has 38 heavy (non-hydrogen) atoms. The number of nitrogen functional groups attached to an aromatic ring is 1. The lowest BCUT2D eigenvalue weighted by atomic mass is 10.0. The first-order chi connectivity index (χ1) is 18.7. The van der Waals surface area contributed by atoms with Gasteiger partial charge in [0, 0.05) is 34.5 Å². The van der Waals surface area contributed by atoms with Crippen LogP contribution in [-0.4, -0.2) is 20.5 Å². The molecule has 1 amide bonds.